The maximum atomic E-state index is 13.9. The monoisotopic (exact) mass is 661 g/mol. The molecule has 9 heteroatoms. The number of hydrogen-bond donors (Lipinski definition) is 4. The summed E-state index contributed by atoms with van der Waals surface area (Å²) in [4.78, 5) is 47.2. The number of carbonyl (C=O) groups is 3. The lowest BCUT2D eigenvalue weighted by molar-refractivity contribution is -0.620. The number of benzene rings is 1. The lowest BCUT2D eigenvalue weighted by Gasteiger charge is -2.31. The summed E-state index contributed by atoms with van der Waals surface area (Å²) in [5.74, 6) is 1.52. The molecule has 0 saturated heterocycles. The van der Waals surface area contributed by atoms with E-state index in [1.165, 1.54) is 11.7 Å². The van der Waals surface area contributed by atoms with Gasteiger partial charge in [0.25, 0.3) is 0 Å². The highest BCUT2D eigenvalue weighted by atomic mass is 16.3. The summed E-state index contributed by atoms with van der Waals surface area (Å²) in [7, 11) is 1.72. The van der Waals surface area contributed by atoms with E-state index < -0.39 is 36.1 Å². The van der Waals surface area contributed by atoms with Gasteiger partial charge in [0.05, 0.1) is 12.0 Å². The Morgan fingerprint density at radius 3 is 2.42 bits per heavy atom. The van der Waals surface area contributed by atoms with Gasteiger partial charge in [0.15, 0.2) is 0 Å². The SMILES string of the molecule is C#CCCC(NC(=O)[C@@H](CC(=O)N(C)CCc1ccccn1)Cc1ccccc1)C(=O)[NH2+][C@@H](CC1CCCCC1)C(O)[C@@H](O)CC(C)C. The number of nitrogens with zero attached hydrogens (tertiary/aromatic N) is 2. The molecule has 1 aromatic carbocycles. The normalized spacial score (nSPS) is 16.7. The van der Waals surface area contributed by atoms with Crippen molar-refractivity contribution in [2.45, 2.75) is 115 Å². The summed E-state index contributed by atoms with van der Waals surface area (Å²) in [6, 6.07) is 13.7. The summed E-state index contributed by atoms with van der Waals surface area (Å²) in [6.07, 6.45) is 13.2. The van der Waals surface area contributed by atoms with Crippen molar-refractivity contribution >= 4 is 17.7 Å². The van der Waals surface area contributed by atoms with E-state index in [1.54, 1.807) is 18.1 Å². The average molecular weight is 662 g/mol. The second kappa shape index (κ2) is 20.7. The van der Waals surface area contributed by atoms with Gasteiger partial charge in [-0.1, -0.05) is 82.3 Å². The van der Waals surface area contributed by atoms with Gasteiger partial charge in [-0.2, -0.15) is 0 Å². The fourth-order valence-corrected chi connectivity index (χ4v) is 6.63. The molecule has 5 N–H and O–H groups in total. The third-order valence-corrected chi connectivity index (χ3v) is 9.46. The fraction of sp³-hybridized carbons (Fsp3) is 0.590. The molecular weight excluding hydrogens is 604 g/mol. The molecule has 2 unspecified atom stereocenters. The number of quaternary nitrogens is 1. The Bertz CT molecular complexity index is 1290. The molecule has 1 heterocycles. The van der Waals surface area contributed by atoms with E-state index in [2.05, 4.69) is 16.2 Å². The van der Waals surface area contributed by atoms with Gasteiger partial charge in [0.2, 0.25) is 11.8 Å². The van der Waals surface area contributed by atoms with Crippen LogP contribution in [0.2, 0.25) is 0 Å². The Morgan fingerprint density at radius 1 is 1.06 bits per heavy atom. The number of likely N-dealkylation sites (N-methyl/N-ethyl adjacent to an activating group) is 1. The summed E-state index contributed by atoms with van der Waals surface area (Å²) in [5, 5.41) is 26.6. The minimum atomic E-state index is -1.09. The highest BCUT2D eigenvalue weighted by Gasteiger charge is 2.37. The van der Waals surface area contributed by atoms with E-state index in [1.807, 2.05) is 62.4 Å². The van der Waals surface area contributed by atoms with Gasteiger partial charge in [-0.05, 0) is 48.8 Å². The van der Waals surface area contributed by atoms with Crippen LogP contribution in [0.3, 0.4) is 0 Å². The molecule has 262 valence electrons. The molecule has 48 heavy (non-hydrogen) atoms. The molecule has 0 radical (unpaired) electrons. The second-order valence-corrected chi connectivity index (χ2v) is 13.9. The molecule has 1 fully saturated rings. The van der Waals surface area contributed by atoms with Crippen LogP contribution in [0.5, 0.6) is 0 Å². The van der Waals surface area contributed by atoms with Crippen molar-refractivity contribution in [2.75, 3.05) is 13.6 Å². The number of nitrogens with one attached hydrogen (secondary N) is 1. The molecule has 2 aromatic rings. The third kappa shape index (κ3) is 13.5. The molecular formula is C39H57N4O5+. The van der Waals surface area contributed by atoms with Gasteiger partial charge in [0.1, 0.15) is 18.2 Å². The first-order chi connectivity index (χ1) is 23.1. The molecule has 1 aliphatic rings. The summed E-state index contributed by atoms with van der Waals surface area (Å²) in [6.45, 7) is 4.43. The Kier molecular flexibility index (Phi) is 16.8. The Balaban J connectivity index is 1.76. The van der Waals surface area contributed by atoms with E-state index in [4.69, 9.17) is 6.42 Å². The maximum Gasteiger partial charge on any atom is 0.333 e. The van der Waals surface area contributed by atoms with Crippen molar-refractivity contribution in [1.29, 1.82) is 0 Å². The molecule has 9 nitrogen and oxygen atoms in total. The van der Waals surface area contributed by atoms with Gasteiger partial charge in [-0.3, -0.25) is 19.9 Å². The van der Waals surface area contributed by atoms with E-state index in [-0.39, 0.29) is 37.0 Å². The van der Waals surface area contributed by atoms with Gasteiger partial charge in [-0.25, -0.2) is 4.79 Å². The zero-order valence-electron chi connectivity index (χ0n) is 29.1. The van der Waals surface area contributed by atoms with E-state index in [9.17, 15) is 24.6 Å². The topological polar surface area (TPSA) is 136 Å². The van der Waals surface area contributed by atoms with Crippen LogP contribution in [-0.4, -0.2) is 75.7 Å². The highest BCUT2D eigenvalue weighted by Crippen LogP contribution is 2.28. The van der Waals surface area contributed by atoms with E-state index in [0.717, 1.165) is 36.9 Å². The van der Waals surface area contributed by atoms with Crippen LogP contribution in [0.25, 0.3) is 0 Å². The third-order valence-electron chi connectivity index (χ3n) is 9.46. The van der Waals surface area contributed by atoms with Crippen LogP contribution in [0, 0.1) is 30.1 Å². The van der Waals surface area contributed by atoms with Crippen molar-refractivity contribution in [3.05, 3.63) is 66.0 Å². The summed E-state index contributed by atoms with van der Waals surface area (Å²) < 4.78 is 0. The summed E-state index contributed by atoms with van der Waals surface area (Å²) in [5.41, 5.74) is 1.79. The van der Waals surface area contributed by atoms with Crippen molar-refractivity contribution in [2.24, 2.45) is 17.8 Å². The molecule has 0 aliphatic heterocycles. The Hall–Kier alpha value is -3.58. The minimum Gasteiger partial charge on any atom is -0.390 e. The molecule has 3 rings (SSSR count). The fourth-order valence-electron chi connectivity index (χ4n) is 6.63. The number of primary amides is 1. The Labute approximate surface area is 287 Å². The molecule has 1 saturated carbocycles. The molecule has 0 spiro atoms. The number of pyridine rings is 1. The minimum absolute atomic E-state index is 0.0242. The van der Waals surface area contributed by atoms with E-state index in [0.29, 0.717) is 38.1 Å². The van der Waals surface area contributed by atoms with Gasteiger partial charge < -0.3 is 20.4 Å². The van der Waals surface area contributed by atoms with Crippen molar-refractivity contribution in [3.63, 3.8) is 0 Å². The highest BCUT2D eigenvalue weighted by molar-refractivity contribution is 5.88. The van der Waals surface area contributed by atoms with Gasteiger partial charge in [-0.15, -0.1) is 12.3 Å². The molecule has 5 atom stereocenters. The standard InChI is InChI=1S/C39H56N4O5/c1-5-6-20-33(39(48)42-34(26-30-17-11-8-12-18-30)37(46)35(44)24-28(2)3)41-38(47)31(25-29-15-9-7-10-16-29)27-36(45)43(4)23-21-32-19-13-14-22-40-32/h1,7,9-10,13-16,19,22,28,30-31,33-35,37,44,46H,6,8,11-12,17-18,20-21,23-27H2,2-4H3,(H,41,47)(H,42,48)/p+1/t31-,33?,34+,35+,37?/m1/s1. The van der Waals surface area contributed by atoms with Gasteiger partial charge >= 0.3 is 5.91 Å². The number of aromatic nitrogens is 1. The van der Waals surface area contributed by atoms with Crippen LogP contribution in [0.4, 0.5) is 0 Å². The first kappa shape index (κ1) is 38.9. The lowest BCUT2D eigenvalue weighted by Crippen LogP contribution is -2.98. The van der Waals surface area contributed by atoms with Crippen LogP contribution in [-0.2, 0) is 27.2 Å². The Morgan fingerprint density at radius 2 is 1.77 bits per heavy atom. The predicted octanol–water partition coefficient (Wildman–Crippen LogP) is 3.43. The number of aliphatic hydroxyl groups is 2. The van der Waals surface area contributed by atoms with Crippen LogP contribution in [0.15, 0.2) is 54.7 Å². The van der Waals surface area contributed by atoms with Crippen LogP contribution >= 0.6 is 0 Å². The zero-order chi connectivity index (χ0) is 34.9. The quantitative estimate of drug-likeness (QED) is 0.171. The average Bonchev–Trinajstić information content (AvgIpc) is 3.08. The molecule has 3 amide bonds. The number of nitrogens with two attached hydrogens (primary N) is 1. The van der Waals surface area contributed by atoms with Crippen molar-refractivity contribution in [1.82, 2.24) is 15.2 Å². The van der Waals surface area contributed by atoms with Crippen LogP contribution < -0.4 is 10.6 Å². The first-order valence-corrected chi connectivity index (χ1v) is 17.7. The smallest absolute Gasteiger partial charge is 0.333 e. The number of carbonyl (C=O) groups excluding carboxylic acids is 3. The number of terminal acetylenes is 1. The van der Waals surface area contributed by atoms with Crippen LogP contribution in [0.1, 0.15) is 89.3 Å². The lowest BCUT2D eigenvalue weighted by atomic mass is 9.82. The van der Waals surface area contributed by atoms with Crippen molar-refractivity contribution in [3.8, 4) is 12.3 Å². The number of aliphatic hydroxyl groups excluding tert-OH is 2. The zero-order valence-corrected chi connectivity index (χ0v) is 29.1. The molecule has 1 aliphatic carbocycles. The number of rotatable bonds is 19. The number of amides is 3. The molecule has 0 bridgehead atoms. The summed E-state index contributed by atoms with van der Waals surface area (Å²) >= 11 is 0. The first-order valence-electron chi connectivity index (χ1n) is 17.7. The van der Waals surface area contributed by atoms with Crippen molar-refractivity contribution < 1.29 is 29.9 Å². The van der Waals surface area contributed by atoms with Gasteiger partial charge in [0, 0.05) is 51.2 Å². The maximum absolute atomic E-state index is 13.9. The largest absolute Gasteiger partial charge is 0.390 e. The number of hydrogen-bond acceptors (Lipinski definition) is 6. The second-order valence-electron chi connectivity index (χ2n) is 13.9. The molecule has 1 aromatic heterocycles. The van der Waals surface area contributed by atoms with E-state index >= 15 is 0 Å². The predicted molar refractivity (Wildman–Crippen MR) is 187 cm³/mol.